The highest BCUT2D eigenvalue weighted by Crippen LogP contribution is 2.43. The number of aliphatic carboxylic acids is 1. The van der Waals surface area contributed by atoms with Crippen LogP contribution < -0.4 is 4.74 Å². The van der Waals surface area contributed by atoms with Crippen molar-refractivity contribution in [3.8, 4) is 5.75 Å². The SMILES string of the molecule is CC(C)Oc1ccc(C2=CC=CC3OC(/C=C/C(=O)O)CC23)c2ccccc12. The van der Waals surface area contributed by atoms with Crippen molar-refractivity contribution in [1.82, 2.24) is 0 Å². The van der Waals surface area contributed by atoms with Gasteiger partial charge in [0.25, 0.3) is 0 Å². The van der Waals surface area contributed by atoms with Crippen LogP contribution in [0.2, 0.25) is 0 Å². The van der Waals surface area contributed by atoms with E-state index in [-0.39, 0.29) is 24.2 Å². The lowest BCUT2D eigenvalue weighted by molar-refractivity contribution is -0.131. The van der Waals surface area contributed by atoms with Crippen molar-refractivity contribution in [1.29, 1.82) is 0 Å². The number of carboxylic acids is 1. The van der Waals surface area contributed by atoms with Crippen LogP contribution in [0.3, 0.4) is 0 Å². The first kappa shape index (κ1) is 18.5. The van der Waals surface area contributed by atoms with Gasteiger partial charge in [0, 0.05) is 17.4 Å². The fraction of sp³-hybridized carbons (Fsp3) is 0.292. The van der Waals surface area contributed by atoms with Crippen LogP contribution in [-0.2, 0) is 9.53 Å². The summed E-state index contributed by atoms with van der Waals surface area (Å²) in [5.41, 5.74) is 2.41. The third-order valence-corrected chi connectivity index (χ3v) is 5.20. The Morgan fingerprint density at radius 2 is 2.00 bits per heavy atom. The summed E-state index contributed by atoms with van der Waals surface area (Å²) in [6, 6.07) is 12.5. The molecule has 0 saturated carbocycles. The first-order chi connectivity index (χ1) is 13.5. The van der Waals surface area contributed by atoms with E-state index >= 15 is 0 Å². The maximum Gasteiger partial charge on any atom is 0.328 e. The quantitative estimate of drug-likeness (QED) is 0.747. The third kappa shape index (κ3) is 3.60. The third-order valence-electron chi connectivity index (χ3n) is 5.20. The average Bonchev–Trinajstić information content (AvgIpc) is 3.10. The molecule has 2 aromatic rings. The first-order valence-electron chi connectivity index (χ1n) is 9.66. The lowest BCUT2D eigenvalue weighted by Gasteiger charge is -2.24. The van der Waals surface area contributed by atoms with Crippen molar-refractivity contribution in [3.05, 3.63) is 72.3 Å². The second-order valence-electron chi connectivity index (χ2n) is 7.51. The lowest BCUT2D eigenvalue weighted by Crippen LogP contribution is -2.17. The molecule has 2 aliphatic rings. The molecule has 1 fully saturated rings. The van der Waals surface area contributed by atoms with Crippen LogP contribution in [0.15, 0.2) is 66.8 Å². The van der Waals surface area contributed by atoms with Gasteiger partial charge < -0.3 is 14.6 Å². The van der Waals surface area contributed by atoms with E-state index in [2.05, 4.69) is 30.4 Å². The number of carboxylic acid groups (broad SMARTS) is 1. The van der Waals surface area contributed by atoms with Crippen LogP contribution in [0.1, 0.15) is 25.8 Å². The summed E-state index contributed by atoms with van der Waals surface area (Å²) >= 11 is 0. The predicted octanol–water partition coefficient (Wildman–Crippen LogP) is 4.99. The second kappa shape index (κ2) is 7.64. The Labute approximate surface area is 164 Å². The summed E-state index contributed by atoms with van der Waals surface area (Å²) in [5, 5.41) is 11.1. The molecule has 28 heavy (non-hydrogen) atoms. The summed E-state index contributed by atoms with van der Waals surface area (Å²) in [7, 11) is 0. The van der Waals surface area contributed by atoms with Crippen LogP contribution in [0.5, 0.6) is 5.75 Å². The molecule has 1 heterocycles. The fourth-order valence-electron chi connectivity index (χ4n) is 4.10. The standard InChI is InChI=1S/C24H24O4/c1-15(2)27-23-12-11-19(17-6-3-4-7-20(17)23)18-8-5-9-22-21(18)14-16(28-22)10-13-24(25)26/h3-13,15-16,21-22H,14H2,1-2H3,(H,25,26)/b13-10+. The normalized spacial score (nSPS) is 24.0. The van der Waals surface area contributed by atoms with Gasteiger partial charge in [-0.15, -0.1) is 0 Å². The molecule has 3 unspecified atom stereocenters. The Morgan fingerprint density at radius 3 is 2.75 bits per heavy atom. The molecule has 2 aromatic carbocycles. The molecule has 0 bridgehead atoms. The minimum absolute atomic E-state index is 0.0335. The van der Waals surface area contributed by atoms with Crippen molar-refractivity contribution in [2.24, 2.45) is 5.92 Å². The Bertz CT molecular complexity index is 983. The van der Waals surface area contributed by atoms with Gasteiger partial charge >= 0.3 is 5.97 Å². The summed E-state index contributed by atoms with van der Waals surface area (Å²) < 4.78 is 12.1. The zero-order valence-electron chi connectivity index (χ0n) is 16.0. The average molecular weight is 376 g/mol. The number of carbonyl (C=O) groups is 1. The summed E-state index contributed by atoms with van der Waals surface area (Å²) in [5.74, 6) is 0.146. The molecule has 1 aliphatic heterocycles. The molecular formula is C24H24O4. The molecule has 4 heteroatoms. The fourth-order valence-corrected chi connectivity index (χ4v) is 4.10. The highest BCUT2D eigenvalue weighted by Gasteiger charge is 2.37. The van der Waals surface area contributed by atoms with E-state index in [9.17, 15) is 4.79 Å². The van der Waals surface area contributed by atoms with Gasteiger partial charge in [-0.3, -0.25) is 0 Å². The second-order valence-corrected chi connectivity index (χ2v) is 7.51. The van der Waals surface area contributed by atoms with E-state index in [1.165, 1.54) is 17.2 Å². The van der Waals surface area contributed by atoms with Crippen LogP contribution in [-0.4, -0.2) is 29.4 Å². The molecule has 3 atom stereocenters. The highest BCUT2D eigenvalue weighted by atomic mass is 16.5. The maximum atomic E-state index is 10.8. The van der Waals surface area contributed by atoms with Crippen molar-refractivity contribution in [2.75, 3.05) is 0 Å². The largest absolute Gasteiger partial charge is 0.490 e. The Kier molecular flexibility index (Phi) is 5.05. The van der Waals surface area contributed by atoms with E-state index in [4.69, 9.17) is 14.6 Å². The van der Waals surface area contributed by atoms with Gasteiger partial charge in [-0.25, -0.2) is 4.79 Å². The summed E-state index contributed by atoms with van der Waals surface area (Å²) in [4.78, 5) is 10.8. The van der Waals surface area contributed by atoms with Crippen LogP contribution >= 0.6 is 0 Å². The van der Waals surface area contributed by atoms with E-state index in [1.807, 2.05) is 38.1 Å². The van der Waals surface area contributed by atoms with E-state index in [1.54, 1.807) is 6.08 Å². The van der Waals surface area contributed by atoms with Crippen LogP contribution in [0.25, 0.3) is 16.3 Å². The van der Waals surface area contributed by atoms with Gasteiger partial charge in [-0.1, -0.05) is 48.6 Å². The monoisotopic (exact) mass is 376 g/mol. The van der Waals surface area contributed by atoms with Crippen LogP contribution in [0.4, 0.5) is 0 Å². The molecule has 1 aliphatic carbocycles. The van der Waals surface area contributed by atoms with Crippen molar-refractivity contribution in [3.63, 3.8) is 0 Å². The lowest BCUT2D eigenvalue weighted by atomic mass is 9.81. The molecule has 1 N–H and O–H groups in total. The first-order valence-corrected chi connectivity index (χ1v) is 9.66. The summed E-state index contributed by atoms with van der Waals surface area (Å²) in [6.45, 7) is 4.06. The molecule has 0 aromatic heterocycles. The molecule has 4 nitrogen and oxygen atoms in total. The number of hydrogen-bond acceptors (Lipinski definition) is 3. The zero-order chi connectivity index (χ0) is 19.7. The van der Waals surface area contributed by atoms with Gasteiger partial charge in [0.1, 0.15) is 5.75 Å². The number of allylic oxidation sites excluding steroid dienone is 2. The van der Waals surface area contributed by atoms with E-state index in [0.29, 0.717) is 0 Å². The predicted molar refractivity (Wildman–Crippen MR) is 110 cm³/mol. The van der Waals surface area contributed by atoms with Gasteiger partial charge in [0.05, 0.1) is 18.3 Å². The van der Waals surface area contributed by atoms with Gasteiger partial charge in [0.2, 0.25) is 0 Å². The number of rotatable bonds is 5. The molecular weight excluding hydrogens is 352 g/mol. The number of hydrogen-bond donors (Lipinski definition) is 1. The highest BCUT2D eigenvalue weighted by molar-refractivity contribution is 5.98. The van der Waals surface area contributed by atoms with Crippen molar-refractivity contribution >= 4 is 22.3 Å². The van der Waals surface area contributed by atoms with Gasteiger partial charge in [0.15, 0.2) is 0 Å². The molecule has 0 amide bonds. The molecule has 1 saturated heterocycles. The van der Waals surface area contributed by atoms with Gasteiger partial charge in [-0.2, -0.15) is 0 Å². The van der Waals surface area contributed by atoms with E-state index < -0.39 is 5.97 Å². The van der Waals surface area contributed by atoms with Crippen molar-refractivity contribution < 1.29 is 19.4 Å². The smallest absolute Gasteiger partial charge is 0.328 e. The van der Waals surface area contributed by atoms with Gasteiger partial charge in [-0.05, 0) is 48.9 Å². The number of fused-ring (bicyclic) bond motifs is 2. The summed E-state index contributed by atoms with van der Waals surface area (Å²) in [6.07, 6.45) is 9.71. The molecule has 144 valence electrons. The Hall–Kier alpha value is -2.85. The maximum absolute atomic E-state index is 10.8. The number of benzene rings is 2. The Morgan fingerprint density at radius 1 is 1.21 bits per heavy atom. The molecule has 0 spiro atoms. The van der Waals surface area contributed by atoms with Crippen molar-refractivity contribution in [2.45, 2.75) is 38.6 Å². The topological polar surface area (TPSA) is 55.8 Å². The minimum atomic E-state index is -0.948. The molecule has 4 rings (SSSR count). The zero-order valence-corrected chi connectivity index (χ0v) is 16.0. The van der Waals surface area contributed by atoms with E-state index in [0.717, 1.165) is 22.9 Å². The Balaban J connectivity index is 1.71. The minimum Gasteiger partial charge on any atom is -0.490 e. The molecule has 0 radical (unpaired) electrons. The number of ether oxygens (including phenoxy) is 2. The van der Waals surface area contributed by atoms with Crippen LogP contribution in [0, 0.1) is 5.92 Å².